The standard InChI is InChI=1S/C11H18N4O/c1-9(7-15-6-5-12-8-15)14-11(16)10-3-2-4-13-10/h5-6,8-10,13H,2-4,7H2,1H3,(H,14,16)/t9?,10-/m1/s1. The Labute approximate surface area is 95.2 Å². The lowest BCUT2D eigenvalue weighted by Crippen LogP contribution is -2.45. The van der Waals surface area contributed by atoms with Gasteiger partial charge in [-0.15, -0.1) is 0 Å². The molecule has 88 valence electrons. The van der Waals surface area contributed by atoms with Gasteiger partial charge in [-0.1, -0.05) is 0 Å². The van der Waals surface area contributed by atoms with Crippen molar-refractivity contribution in [2.75, 3.05) is 6.54 Å². The third-order valence-electron chi connectivity index (χ3n) is 2.81. The van der Waals surface area contributed by atoms with Gasteiger partial charge in [0.1, 0.15) is 0 Å². The third-order valence-corrected chi connectivity index (χ3v) is 2.81. The molecule has 1 aliphatic heterocycles. The average molecular weight is 222 g/mol. The largest absolute Gasteiger partial charge is 0.350 e. The van der Waals surface area contributed by atoms with Gasteiger partial charge in [-0.25, -0.2) is 4.98 Å². The van der Waals surface area contributed by atoms with Crippen LogP contribution < -0.4 is 10.6 Å². The van der Waals surface area contributed by atoms with Crippen molar-refractivity contribution in [3.63, 3.8) is 0 Å². The van der Waals surface area contributed by atoms with Crippen molar-refractivity contribution < 1.29 is 4.79 Å². The van der Waals surface area contributed by atoms with Crippen molar-refractivity contribution in [3.05, 3.63) is 18.7 Å². The summed E-state index contributed by atoms with van der Waals surface area (Å²) in [5.74, 6) is 0.116. The molecule has 1 aromatic heterocycles. The molecule has 0 saturated carbocycles. The highest BCUT2D eigenvalue weighted by Gasteiger charge is 2.22. The van der Waals surface area contributed by atoms with Gasteiger partial charge in [0.05, 0.1) is 12.4 Å². The average Bonchev–Trinajstić information content (AvgIpc) is 2.88. The maximum atomic E-state index is 11.8. The molecule has 2 N–H and O–H groups in total. The van der Waals surface area contributed by atoms with Gasteiger partial charge >= 0.3 is 0 Å². The summed E-state index contributed by atoms with van der Waals surface area (Å²) in [5.41, 5.74) is 0. The Balaban J connectivity index is 1.78. The lowest BCUT2D eigenvalue weighted by Gasteiger charge is -2.17. The number of carbonyl (C=O) groups is 1. The first kappa shape index (κ1) is 11.1. The van der Waals surface area contributed by atoms with E-state index in [1.165, 1.54) is 0 Å². The molecule has 1 aromatic rings. The molecule has 0 bridgehead atoms. The Hall–Kier alpha value is -1.36. The summed E-state index contributed by atoms with van der Waals surface area (Å²) < 4.78 is 1.97. The van der Waals surface area contributed by atoms with Crippen LogP contribution in [0.5, 0.6) is 0 Å². The lowest BCUT2D eigenvalue weighted by molar-refractivity contribution is -0.123. The first-order valence-corrected chi connectivity index (χ1v) is 5.75. The fourth-order valence-electron chi connectivity index (χ4n) is 2.01. The Morgan fingerprint density at radius 3 is 3.25 bits per heavy atom. The molecule has 2 atom stereocenters. The van der Waals surface area contributed by atoms with E-state index < -0.39 is 0 Å². The van der Waals surface area contributed by atoms with Gasteiger partial charge in [-0.2, -0.15) is 0 Å². The van der Waals surface area contributed by atoms with Gasteiger partial charge < -0.3 is 15.2 Å². The number of imidazole rings is 1. The Kier molecular flexibility index (Phi) is 3.56. The molecule has 1 aliphatic rings. The smallest absolute Gasteiger partial charge is 0.237 e. The van der Waals surface area contributed by atoms with E-state index in [0.29, 0.717) is 0 Å². The Bertz CT molecular complexity index is 330. The van der Waals surface area contributed by atoms with Crippen LogP contribution in [0.2, 0.25) is 0 Å². The molecule has 5 heteroatoms. The first-order chi connectivity index (χ1) is 7.75. The number of rotatable bonds is 4. The molecule has 16 heavy (non-hydrogen) atoms. The van der Waals surface area contributed by atoms with Crippen molar-refractivity contribution in [1.29, 1.82) is 0 Å². The number of hydrogen-bond donors (Lipinski definition) is 2. The molecule has 0 aliphatic carbocycles. The quantitative estimate of drug-likeness (QED) is 0.762. The SMILES string of the molecule is CC(Cn1ccnc1)NC(=O)[C@H]1CCCN1. The maximum absolute atomic E-state index is 11.8. The Morgan fingerprint density at radius 1 is 1.75 bits per heavy atom. The molecular formula is C11H18N4O. The summed E-state index contributed by atoms with van der Waals surface area (Å²) in [4.78, 5) is 15.8. The normalized spacial score (nSPS) is 21.9. The molecule has 1 saturated heterocycles. The van der Waals surface area contributed by atoms with Crippen LogP contribution in [-0.4, -0.2) is 34.1 Å². The van der Waals surface area contributed by atoms with Crippen LogP contribution in [0.25, 0.3) is 0 Å². The highest BCUT2D eigenvalue weighted by molar-refractivity contribution is 5.82. The van der Waals surface area contributed by atoms with E-state index in [4.69, 9.17) is 0 Å². The van der Waals surface area contributed by atoms with Crippen molar-refractivity contribution in [2.24, 2.45) is 0 Å². The number of carbonyl (C=O) groups excluding carboxylic acids is 1. The van der Waals surface area contributed by atoms with E-state index in [9.17, 15) is 4.79 Å². The number of nitrogens with zero attached hydrogens (tertiary/aromatic N) is 2. The van der Waals surface area contributed by atoms with Crippen molar-refractivity contribution in [3.8, 4) is 0 Å². The van der Waals surface area contributed by atoms with Crippen LogP contribution in [0.1, 0.15) is 19.8 Å². The molecular weight excluding hydrogens is 204 g/mol. The van der Waals surface area contributed by atoms with E-state index in [0.717, 1.165) is 25.9 Å². The van der Waals surface area contributed by atoms with Gasteiger partial charge in [0.15, 0.2) is 0 Å². The van der Waals surface area contributed by atoms with E-state index in [1.54, 1.807) is 12.5 Å². The monoisotopic (exact) mass is 222 g/mol. The molecule has 0 spiro atoms. The molecule has 1 fully saturated rings. The fraction of sp³-hybridized carbons (Fsp3) is 0.636. The van der Waals surface area contributed by atoms with Gasteiger partial charge in [0.25, 0.3) is 0 Å². The zero-order chi connectivity index (χ0) is 11.4. The van der Waals surface area contributed by atoms with E-state index in [1.807, 2.05) is 17.7 Å². The Morgan fingerprint density at radius 2 is 2.62 bits per heavy atom. The molecule has 2 rings (SSSR count). The second-order valence-electron chi connectivity index (χ2n) is 4.32. The highest BCUT2D eigenvalue weighted by atomic mass is 16.2. The minimum Gasteiger partial charge on any atom is -0.350 e. The lowest BCUT2D eigenvalue weighted by atomic mass is 10.2. The summed E-state index contributed by atoms with van der Waals surface area (Å²) in [7, 11) is 0. The fourth-order valence-corrected chi connectivity index (χ4v) is 2.01. The van der Waals surface area contributed by atoms with Crippen LogP contribution in [0.15, 0.2) is 18.7 Å². The number of hydrogen-bond acceptors (Lipinski definition) is 3. The summed E-state index contributed by atoms with van der Waals surface area (Å²) in [5, 5.41) is 6.20. The molecule has 5 nitrogen and oxygen atoms in total. The minimum absolute atomic E-state index is 0.00485. The molecule has 1 unspecified atom stereocenters. The van der Waals surface area contributed by atoms with Gasteiger partial charge in [0, 0.05) is 25.0 Å². The van der Waals surface area contributed by atoms with Crippen molar-refractivity contribution in [1.82, 2.24) is 20.2 Å². The van der Waals surface area contributed by atoms with Crippen LogP contribution in [0.4, 0.5) is 0 Å². The second kappa shape index (κ2) is 5.12. The predicted octanol–water partition coefficient (Wildman–Crippen LogP) is 0.140. The van der Waals surface area contributed by atoms with Gasteiger partial charge in [-0.3, -0.25) is 4.79 Å². The number of nitrogens with one attached hydrogen (secondary N) is 2. The third kappa shape index (κ3) is 2.82. The van der Waals surface area contributed by atoms with E-state index in [-0.39, 0.29) is 18.0 Å². The summed E-state index contributed by atoms with van der Waals surface area (Å²) in [6, 6.07) is 0.134. The maximum Gasteiger partial charge on any atom is 0.237 e. The van der Waals surface area contributed by atoms with Crippen LogP contribution in [0, 0.1) is 0 Å². The number of amides is 1. The van der Waals surface area contributed by atoms with E-state index >= 15 is 0 Å². The van der Waals surface area contributed by atoms with Gasteiger partial charge in [0.2, 0.25) is 5.91 Å². The summed E-state index contributed by atoms with van der Waals surface area (Å²) in [6.45, 7) is 3.72. The van der Waals surface area contributed by atoms with Crippen molar-refractivity contribution >= 4 is 5.91 Å². The van der Waals surface area contributed by atoms with Crippen LogP contribution >= 0.6 is 0 Å². The minimum atomic E-state index is 0.00485. The molecule has 1 amide bonds. The highest BCUT2D eigenvalue weighted by Crippen LogP contribution is 2.05. The summed E-state index contributed by atoms with van der Waals surface area (Å²) in [6.07, 6.45) is 7.44. The van der Waals surface area contributed by atoms with Gasteiger partial charge in [-0.05, 0) is 26.3 Å². The topological polar surface area (TPSA) is 59.0 Å². The second-order valence-corrected chi connectivity index (χ2v) is 4.32. The molecule has 0 radical (unpaired) electrons. The predicted molar refractivity (Wildman–Crippen MR) is 60.9 cm³/mol. The zero-order valence-electron chi connectivity index (χ0n) is 9.52. The molecule has 0 aromatic carbocycles. The molecule has 2 heterocycles. The number of aromatic nitrogens is 2. The first-order valence-electron chi connectivity index (χ1n) is 5.75. The van der Waals surface area contributed by atoms with Crippen LogP contribution in [0.3, 0.4) is 0 Å². The summed E-state index contributed by atoms with van der Waals surface area (Å²) >= 11 is 0. The van der Waals surface area contributed by atoms with E-state index in [2.05, 4.69) is 15.6 Å². The van der Waals surface area contributed by atoms with Crippen LogP contribution in [-0.2, 0) is 11.3 Å². The van der Waals surface area contributed by atoms with Crippen molar-refractivity contribution in [2.45, 2.75) is 38.4 Å². The zero-order valence-corrected chi connectivity index (χ0v) is 9.52.